The minimum Gasteiger partial charge on any atom is -0.353 e. The van der Waals surface area contributed by atoms with Crippen LogP contribution in [-0.2, 0) is 4.79 Å². The van der Waals surface area contributed by atoms with E-state index in [-0.39, 0.29) is 5.91 Å². The van der Waals surface area contributed by atoms with E-state index >= 15 is 0 Å². The lowest BCUT2D eigenvalue weighted by atomic mass is 9.54. The zero-order valence-corrected chi connectivity index (χ0v) is 10.3. The Morgan fingerprint density at radius 1 is 1.47 bits per heavy atom. The van der Waals surface area contributed by atoms with E-state index in [9.17, 15) is 4.79 Å². The maximum Gasteiger partial charge on any atom is 0.243 e. The Bertz CT molecular complexity index is 192. The molecule has 85 valence electrons. The highest BCUT2D eigenvalue weighted by molar-refractivity contribution is 6.39. The van der Waals surface area contributed by atoms with Crippen LogP contribution >= 0.6 is 0 Å². The standard InChI is InChI=1S/C12H23BNO/c1-5-7-11(13-10(3)4)8-9-14-12(15)6-2/h6,10-11H,2,5,7-9H2,1,3-4H3,(H,14,15). The Labute approximate surface area is 94.8 Å². The molecule has 0 aromatic heterocycles. The molecule has 0 aliphatic rings. The lowest BCUT2D eigenvalue weighted by Crippen LogP contribution is -2.24. The van der Waals surface area contributed by atoms with Crippen molar-refractivity contribution >= 4 is 13.2 Å². The van der Waals surface area contributed by atoms with Gasteiger partial charge >= 0.3 is 0 Å². The third kappa shape index (κ3) is 8.28. The van der Waals surface area contributed by atoms with E-state index in [4.69, 9.17) is 0 Å². The van der Waals surface area contributed by atoms with E-state index in [0.29, 0.717) is 11.6 Å². The molecule has 3 heteroatoms. The van der Waals surface area contributed by atoms with E-state index in [2.05, 4.69) is 39.9 Å². The normalized spacial score (nSPS) is 12.3. The van der Waals surface area contributed by atoms with Crippen molar-refractivity contribution in [2.24, 2.45) is 0 Å². The van der Waals surface area contributed by atoms with E-state index in [0.717, 1.165) is 13.0 Å². The van der Waals surface area contributed by atoms with Crippen molar-refractivity contribution < 1.29 is 4.79 Å². The summed E-state index contributed by atoms with van der Waals surface area (Å²) in [6.07, 6.45) is 4.76. The second-order valence-electron chi connectivity index (χ2n) is 4.27. The molecule has 2 nitrogen and oxygen atoms in total. The van der Waals surface area contributed by atoms with Crippen LogP contribution in [0.5, 0.6) is 0 Å². The molecule has 0 rings (SSSR count). The van der Waals surface area contributed by atoms with Gasteiger partial charge in [0.15, 0.2) is 0 Å². The SMILES string of the molecule is C=CC(=O)NCCC([B]C(C)C)CCC. The van der Waals surface area contributed by atoms with Gasteiger partial charge in [0.1, 0.15) is 7.28 Å². The smallest absolute Gasteiger partial charge is 0.243 e. The summed E-state index contributed by atoms with van der Waals surface area (Å²) in [4.78, 5) is 10.9. The Kier molecular flexibility index (Phi) is 8.16. The van der Waals surface area contributed by atoms with E-state index in [1.54, 1.807) is 0 Å². The highest BCUT2D eigenvalue weighted by atomic mass is 16.1. The average Bonchev–Trinajstić information content (AvgIpc) is 2.16. The molecular weight excluding hydrogens is 185 g/mol. The molecule has 0 saturated carbocycles. The molecule has 0 fully saturated rings. The van der Waals surface area contributed by atoms with Gasteiger partial charge in [-0.05, 0) is 12.5 Å². The topological polar surface area (TPSA) is 29.1 Å². The average molecular weight is 208 g/mol. The summed E-state index contributed by atoms with van der Waals surface area (Å²) in [5.74, 6) is 1.17. The van der Waals surface area contributed by atoms with Gasteiger partial charge in [0.2, 0.25) is 5.91 Å². The lowest BCUT2D eigenvalue weighted by Gasteiger charge is -2.17. The van der Waals surface area contributed by atoms with Crippen LogP contribution in [-0.4, -0.2) is 19.7 Å². The van der Waals surface area contributed by atoms with Crippen molar-refractivity contribution in [3.63, 3.8) is 0 Å². The maximum atomic E-state index is 10.9. The minimum atomic E-state index is -0.0743. The van der Waals surface area contributed by atoms with Crippen LogP contribution < -0.4 is 5.32 Å². The predicted octanol–water partition coefficient (Wildman–Crippen LogP) is 2.80. The number of hydrogen-bond donors (Lipinski definition) is 1. The lowest BCUT2D eigenvalue weighted by molar-refractivity contribution is -0.116. The van der Waals surface area contributed by atoms with Crippen molar-refractivity contribution in [2.75, 3.05) is 6.54 Å². The molecule has 0 saturated heterocycles. The zero-order chi connectivity index (χ0) is 11.7. The minimum absolute atomic E-state index is 0.0743. The molecule has 0 aliphatic heterocycles. The number of rotatable bonds is 8. The molecule has 1 radical (unpaired) electrons. The van der Waals surface area contributed by atoms with Crippen LogP contribution in [0.4, 0.5) is 0 Å². The van der Waals surface area contributed by atoms with Gasteiger partial charge < -0.3 is 5.32 Å². The number of carbonyl (C=O) groups excluding carboxylic acids is 1. The van der Waals surface area contributed by atoms with Gasteiger partial charge in [0.05, 0.1) is 0 Å². The highest BCUT2D eigenvalue weighted by Crippen LogP contribution is 2.20. The van der Waals surface area contributed by atoms with Gasteiger partial charge in [0, 0.05) is 6.54 Å². The summed E-state index contributed by atoms with van der Waals surface area (Å²) in [5.41, 5.74) is 0. The maximum absolute atomic E-state index is 10.9. The number of nitrogens with one attached hydrogen (secondary N) is 1. The number of hydrogen-bond acceptors (Lipinski definition) is 1. The number of amides is 1. The molecule has 1 amide bonds. The first kappa shape index (κ1) is 14.3. The Balaban J connectivity index is 3.74. The Morgan fingerprint density at radius 3 is 2.60 bits per heavy atom. The molecule has 0 heterocycles. The van der Waals surface area contributed by atoms with E-state index in [1.807, 2.05) is 0 Å². The van der Waals surface area contributed by atoms with Crippen molar-refractivity contribution in [1.29, 1.82) is 0 Å². The van der Waals surface area contributed by atoms with Crippen LogP contribution in [0, 0.1) is 0 Å². The summed E-state index contributed by atoms with van der Waals surface area (Å²) in [7, 11) is 2.38. The summed E-state index contributed by atoms with van der Waals surface area (Å²) in [6, 6.07) is 0. The first-order valence-electron chi connectivity index (χ1n) is 5.85. The Hall–Kier alpha value is -0.725. The van der Waals surface area contributed by atoms with Crippen LogP contribution in [0.2, 0.25) is 11.6 Å². The molecule has 15 heavy (non-hydrogen) atoms. The van der Waals surface area contributed by atoms with Crippen molar-refractivity contribution in [3.05, 3.63) is 12.7 Å². The van der Waals surface area contributed by atoms with Gasteiger partial charge in [-0.15, -0.1) is 0 Å². The van der Waals surface area contributed by atoms with E-state index in [1.165, 1.54) is 18.9 Å². The van der Waals surface area contributed by atoms with Gasteiger partial charge in [-0.2, -0.15) is 0 Å². The molecule has 0 spiro atoms. The Morgan fingerprint density at radius 2 is 2.13 bits per heavy atom. The van der Waals surface area contributed by atoms with E-state index < -0.39 is 0 Å². The summed E-state index contributed by atoms with van der Waals surface area (Å²) >= 11 is 0. The van der Waals surface area contributed by atoms with Gasteiger partial charge in [-0.3, -0.25) is 4.79 Å². The second-order valence-corrected chi connectivity index (χ2v) is 4.27. The quantitative estimate of drug-likeness (QED) is 0.482. The first-order valence-corrected chi connectivity index (χ1v) is 5.85. The molecular formula is C12H23BNO. The molecule has 0 aromatic rings. The molecule has 1 atom stereocenters. The fraction of sp³-hybridized carbons (Fsp3) is 0.750. The molecule has 0 aromatic carbocycles. The molecule has 1 unspecified atom stereocenters. The van der Waals surface area contributed by atoms with Crippen LogP contribution in [0.15, 0.2) is 12.7 Å². The van der Waals surface area contributed by atoms with Crippen LogP contribution in [0.1, 0.15) is 40.0 Å². The van der Waals surface area contributed by atoms with Gasteiger partial charge in [-0.1, -0.05) is 51.8 Å². The fourth-order valence-electron chi connectivity index (χ4n) is 1.70. The first-order chi connectivity index (χ1) is 7.10. The van der Waals surface area contributed by atoms with Crippen LogP contribution in [0.3, 0.4) is 0 Å². The molecule has 0 aliphatic carbocycles. The highest BCUT2D eigenvalue weighted by Gasteiger charge is 2.11. The van der Waals surface area contributed by atoms with Gasteiger partial charge in [0.25, 0.3) is 0 Å². The third-order valence-corrected chi connectivity index (χ3v) is 2.32. The largest absolute Gasteiger partial charge is 0.353 e. The predicted molar refractivity (Wildman–Crippen MR) is 67.3 cm³/mol. The fourth-order valence-corrected chi connectivity index (χ4v) is 1.70. The van der Waals surface area contributed by atoms with Crippen LogP contribution in [0.25, 0.3) is 0 Å². The molecule has 1 N–H and O–H groups in total. The second kappa shape index (κ2) is 8.57. The van der Waals surface area contributed by atoms with Crippen molar-refractivity contribution in [1.82, 2.24) is 5.32 Å². The zero-order valence-electron chi connectivity index (χ0n) is 10.3. The third-order valence-electron chi connectivity index (χ3n) is 2.32. The summed E-state index contributed by atoms with van der Waals surface area (Å²) in [5, 5.41) is 2.82. The summed E-state index contributed by atoms with van der Waals surface area (Å²) in [6.45, 7) is 10.8. The number of carbonyl (C=O) groups is 1. The van der Waals surface area contributed by atoms with Gasteiger partial charge in [-0.25, -0.2) is 0 Å². The van der Waals surface area contributed by atoms with Crippen molar-refractivity contribution in [3.8, 4) is 0 Å². The monoisotopic (exact) mass is 208 g/mol. The summed E-state index contributed by atoms with van der Waals surface area (Å²) < 4.78 is 0. The molecule has 0 bridgehead atoms. The van der Waals surface area contributed by atoms with Crippen molar-refractivity contribution in [2.45, 2.75) is 51.7 Å².